The third-order valence-corrected chi connectivity index (χ3v) is 5.42. The third kappa shape index (κ3) is 2.55. The first kappa shape index (κ1) is 12.8. The molecule has 3 heteroatoms. The van der Waals surface area contributed by atoms with E-state index in [0.29, 0.717) is 5.88 Å². The van der Waals surface area contributed by atoms with Crippen molar-refractivity contribution in [1.29, 1.82) is 0 Å². The Morgan fingerprint density at radius 3 is 2.78 bits per heavy atom. The number of hydrogen-bond donors (Lipinski definition) is 0. The summed E-state index contributed by atoms with van der Waals surface area (Å²) in [5, 5.41) is 0. The number of alkyl halides is 1. The van der Waals surface area contributed by atoms with E-state index in [1.54, 1.807) is 0 Å². The second-order valence-corrected chi connectivity index (χ2v) is 6.77. The average molecular weight is 330 g/mol. The topological polar surface area (TPSA) is 9.23 Å². The first-order chi connectivity index (χ1) is 8.76. The Kier molecular flexibility index (Phi) is 3.86. The quantitative estimate of drug-likeness (QED) is 0.706. The van der Waals surface area contributed by atoms with Gasteiger partial charge in [0.25, 0.3) is 0 Å². The summed E-state index contributed by atoms with van der Waals surface area (Å²) in [6.07, 6.45) is 5.70. The monoisotopic (exact) mass is 328 g/mol. The van der Waals surface area contributed by atoms with Crippen LogP contribution in [0.25, 0.3) is 0 Å². The van der Waals surface area contributed by atoms with Gasteiger partial charge in [0, 0.05) is 5.88 Å². The van der Waals surface area contributed by atoms with E-state index in [-0.39, 0.29) is 0 Å². The van der Waals surface area contributed by atoms with Gasteiger partial charge in [-0.2, -0.15) is 0 Å². The number of hydrogen-bond acceptors (Lipinski definition) is 1. The van der Waals surface area contributed by atoms with Gasteiger partial charge in [-0.15, -0.1) is 11.6 Å². The van der Waals surface area contributed by atoms with Crippen molar-refractivity contribution in [3.05, 3.63) is 28.2 Å². The molecule has 3 atom stereocenters. The predicted molar refractivity (Wildman–Crippen MR) is 78.1 cm³/mol. The zero-order valence-corrected chi connectivity index (χ0v) is 12.7. The molecule has 0 N–H and O–H groups in total. The molecule has 0 radical (unpaired) electrons. The van der Waals surface area contributed by atoms with Crippen LogP contribution in [0, 0.1) is 17.8 Å². The fourth-order valence-corrected chi connectivity index (χ4v) is 4.23. The van der Waals surface area contributed by atoms with Crippen molar-refractivity contribution in [2.75, 3.05) is 6.61 Å². The summed E-state index contributed by atoms with van der Waals surface area (Å²) < 4.78 is 7.00. The van der Waals surface area contributed by atoms with Crippen LogP contribution in [-0.4, -0.2) is 6.61 Å². The maximum atomic E-state index is 5.98. The van der Waals surface area contributed by atoms with E-state index in [0.717, 1.165) is 40.1 Å². The second-order valence-electron chi connectivity index (χ2n) is 5.64. The van der Waals surface area contributed by atoms with Crippen molar-refractivity contribution >= 4 is 27.5 Å². The summed E-state index contributed by atoms with van der Waals surface area (Å²) in [4.78, 5) is 0. The second kappa shape index (κ2) is 5.42. The molecule has 2 bridgehead atoms. The molecule has 18 heavy (non-hydrogen) atoms. The maximum absolute atomic E-state index is 5.98. The average Bonchev–Trinajstić information content (AvgIpc) is 2.99. The van der Waals surface area contributed by atoms with Gasteiger partial charge in [0.05, 0.1) is 11.1 Å². The molecule has 2 saturated carbocycles. The Bertz CT molecular complexity index is 435. The Morgan fingerprint density at radius 2 is 2.17 bits per heavy atom. The molecule has 3 unspecified atom stereocenters. The molecule has 0 saturated heterocycles. The summed E-state index contributed by atoms with van der Waals surface area (Å²) in [5.74, 6) is 4.20. The number of halogens is 2. The zero-order valence-electron chi connectivity index (χ0n) is 10.4. The van der Waals surface area contributed by atoms with E-state index in [9.17, 15) is 0 Å². The highest BCUT2D eigenvalue weighted by atomic mass is 79.9. The molecule has 3 rings (SSSR count). The first-order valence-electron chi connectivity index (χ1n) is 6.73. The molecule has 0 spiro atoms. The van der Waals surface area contributed by atoms with Crippen molar-refractivity contribution in [2.24, 2.45) is 17.8 Å². The Balaban J connectivity index is 1.60. The molecule has 0 aromatic heterocycles. The smallest absolute Gasteiger partial charge is 0.133 e. The summed E-state index contributed by atoms with van der Waals surface area (Å²) >= 11 is 9.37. The Hall–Kier alpha value is -0.210. The lowest BCUT2D eigenvalue weighted by Gasteiger charge is -2.22. The highest BCUT2D eigenvalue weighted by Crippen LogP contribution is 2.48. The van der Waals surface area contributed by atoms with Crippen molar-refractivity contribution in [3.63, 3.8) is 0 Å². The molecular formula is C15H18BrClO. The van der Waals surface area contributed by atoms with Crippen molar-refractivity contribution in [2.45, 2.75) is 31.6 Å². The predicted octanol–water partition coefficient (Wildman–Crippen LogP) is 5.00. The molecule has 1 aromatic carbocycles. The fraction of sp³-hybridized carbons (Fsp3) is 0.600. The van der Waals surface area contributed by atoms with Gasteiger partial charge >= 0.3 is 0 Å². The van der Waals surface area contributed by atoms with Crippen LogP contribution in [0.4, 0.5) is 0 Å². The lowest BCUT2D eigenvalue weighted by molar-refractivity contribution is 0.194. The molecule has 98 valence electrons. The van der Waals surface area contributed by atoms with Crippen molar-refractivity contribution in [3.8, 4) is 5.75 Å². The summed E-state index contributed by atoms with van der Waals surface area (Å²) in [7, 11) is 0. The van der Waals surface area contributed by atoms with Crippen LogP contribution in [0.15, 0.2) is 22.7 Å². The number of fused-ring (bicyclic) bond motifs is 2. The first-order valence-corrected chi connectivity index (χ1v) is 8.06. The molecule has 2 fully saturated rings. The Labute approximate surface area is 122 Å². The molecule has 2 aliphatic rings. The minimum absolute atomic E-state index is 0.547. The van der Waals surface area contributed by atoms with E-state index < -0.39 is 0 Å². The number of rotatable bonds is 4. The largest absolute Gasteiger partial charge is 0.492 e. The van der Waals surface area contributed by atoms with Gasteiger partial charge in [0.2, 0.25) is 0 Å². The molecule has 2 aliphatic carbocycles. The van der Waals surface area contributed by atoms with Gasteiger partial charge in [-0.05, 0) is 70.6 Å². The van der Waals surface area contributed by atoms with Crippen LogP contribution in [0.2, 0.25) is 0 Å². The van der Waals surface area contributed by atoms with E-state index in [1.165, 1.54) is 25.7 Å². The van der Waals surface area contributed by atoms with Gasteiger partial charge in [-0.3, -0.25) is 0 Å². The van der Waals surface area contributed by atoms with Gasteiger partial charge in [-0.1, -0.05) is 12.5 Å². The molecular weight excluding hydrogens is 312 g/mol. The fourth-order valence-electron chi connectivity index (χ4n) is 3.52. The standard InChI is InChI=1S/C15H18BrClO/c16-14-7-11(8-17)2-4-15(14)18-9-13-6-10-1-3-12(13)5-10/h2,4,7,10,12-13H,1,3,5-6,8-9H2. The van der Waals surface area contributed by atoms with Gasteiger partial charge in [-0.25, -0.2) is 0 Å². The SMILES string of the molecule is ClCc1ccc(OCC2CC3CCC2C3)c(Br)c1. The lowest BCUT2D eigenvalue weighted by atomic mass is 9.89. The van der Waals surface area contributed by atoms with Crippen LogP contribution in [0.5, 0.6) is 5.75 Å². The Morgan fingerprint density at radius 1 is 1.28 bits per heavy atom. The number of ether oxygens (including phenoxy) is 1. The zero-order chi connectivity index (χ0) is 12.5. The molecule has 1 nitrogen and oxygen atoms in total. The van der Waals surface area contributed by atoms with E-state index >= 15 is 0 Å². The molecule has 0 heterocycles. The van der Waals surface area contributed by atoms with Gasteiger partial charge in [0.1, 0.15) is 5.75 Å². The van der Waals surface area contributed by atoms with Crippen LogP contribution < -0.4 is 4.74 Å². The normalized spacial score (nSPS) is 29.8. The van der Waals surface area contributed by atoms with Gasteiger partial charge in [0.15, 0.2) is 0 Å². The van der Waals surface area contributed by atoms with Crippen LogP contribution >= 0.6 is 27.5 Å². The highest BCUT2D eigenvalue weighted by Gasteiger charge is 2.39. The minimum Gasteiger partial charge on any atom is -0.492 e. The maximum Gasteiger partial charge on any atom is 0.133 e. The number of benzene rings is 1. The van der Waals surface area contributed by atoms with Crippen LogP contribution in [0.3, 0.4) is 0 Å². The van der Waals surface area contributed by atoms with Crippen LogP contribution in [0.1, 0.15) is 31.2 Å². The van der Waals surface area contributed by atoms with E-state index in [2.05, 4.69) is 15.9 Å². The van der Waals surface area contributed by atoms with Crippen molar-refractivity contribution < 1.29 is 4.74 Å². The highest BCUT2D eigenvalue weighted by molar-refractivity contribution is 9.10. The molecule has 0 amide bonds. The summed E-state index contributed by atoms with van der Waals surface area (Å²) in [6.45, 7) is 0.875. The lowest BCUT2D eigenvalue weighted by Crippen LogP contribution is -2.18. The molecule has 1 aromatic rings. The van der Waals surface area contributed by atoms with Crippen molar-refractivity contribution in [1.82, 2.24) is 0 Å². The summed E-state index contributed by atoms with van der Waals surface area (Å²) in [5.41, 5.74) is 1.12. The van der Waals surface area contributed by atoms with Gasteiger partial charge < -0.3 is 4.74 Å². The minimum atomic E-state index is 0.547. The van der Waals surface area contributed by atoms with Crippen LogP contribution in [-0.2, 0) is 5.88 Å². The summed E-state index contributed by atoms with van der Waals surface area (Å²) in [6, 6.07) is 6.10. The van der Waals surface area contributed by atoms with E-state index in [1.807, 2.05) is 18.2 Å². The molecule has 0 aliphatic heterocycles. The van der Waals surface area contributed by atoms with E-state index in [4.69, 9.17) is 16.3 Å². The third-order valence-electron chi connectivity index (χ3n) is 4.49.